The van der Waals surface area contributed by atoms with E-state index in [1.165, 1.54) is 5.56 Å². The Bertz CT molecular complexity index is 603. The molecule has 1 unspecified atom stereocenters. The largest absolute Gasteiger partial charge is 0.497 e. The summed E-state index contributed by atoms with van der Waals surface area (Å²) in [7, 11) is 1.66. The van der Waals surface area contributed by atoms with E-state index in [1.807, 2.05) is 30.3 Å². The first-order valence-electron chi connectivity index (χ1n) is 7.83. The maximum absolute atomic E-state index is 11.1. The molecule has 3 nitrogen and oxygen atoms in total. The third-order valence-electron chi connectivity index (χ3n) is 4.43. The fourth-order valence-corrected chi connectivity index (χ4v) is 3.24. The van der Waals surface area contributed by atoms with Crippen LogP contribution in [0.25, 0.3) is 0 Å². The Morgan fingerprint density at radius 3 is 2.43 bits per heavy atom. The van der Waals surface area contributed by atoms with Gasteiger partial charge < -0.3 is 9.84 Å². The molecule has 1 saturated heterocycles. The number of piperidine rings is 1. The minimum absolute atomic E-state index is 0. The highest BCUT2D eigenvalue weighted by molar-refractivity contribution is 5.85. The molecule has 0 spiro atoms. The summed E-state index contributed by atoms with van der Waals surface area (Å²) in [4.78, 5) is 2.34. The summed E-state index contributed by atoms with van der Waals surface area (Å²) in [5.74, 6) is 0.823. The van der Waals surface area contributed by atoms with Crippen LogP contribution in [0.15, 0.2) is 54.6 Å². The molecule has 0 amide bonds. The molecular weight excluding hydrogens is 310 g/mol. The van der Waals surface area contributed by atoms with Crippen molar-refractivity contribution in [2.45, 2.75) is 25.0 Å². The van der Waals surface area contributed by atoms with Gasteiger partial charge in [0.1, 0.15) is 11.4 Å². The first kappa shape index (κ1) is 17.8. The molecule has 0 saturated carbocycles. The van der Waals surface area contributed by atoms with Crippen molar-refractivity contribution in [3.05, 3.63) is 65.7 Å². The Morgan fingerprint density at radius 2 is 1.78 bits per heavy atom. The number of ether oxygens (including phenoxy) is 1. The zero-order valence-electron chi connectivity index (χ0n) is 13.4. The summed E-state index contributed by atoms with van der Waals surface area (Å²) in [5.41, 5.74) is 1.51. The second-order valence-corrected chi connectivity index (χ2v) is 6.06. The maximum atomic E-state index is 11.1. The lowest BCUT2D eigenvalue weighted by Gasteiger charge is -2.39. The molecule has 23 heavy (non-hydrogen) atoms. The van der Waals surface area contributed by atoms with Crippen molar-refractivity contribution >= 4 is 12.4 Å². The Balaban J connectivity index is 0.00000192. The van der Waals surface area contributed by atoms with Gasteiger partial charge in [0, 0.05) is 13.1 Å². The Kier molecular flexibility index (Phi) is 6.05. The molecular formula is C19H24ClNO2. The first-order valence-corrected chi connectivity index (χ1v) is 7.83. The highest BCUT2D eigenvalue weighted by Crippen LogP contribution is 2.33. The van der Waals surface area contributed by atoms with Gasteiger partial charge in [0.05, 0.1) is 7.11 Å². The minimum Gasteiger partial charge on any atom is -0.497 e. The monoisotopic (exact) mass is 333 g/mol. The second-order valence-electron chi connectivity index (χ2n) is 6.06. The lowest BCUT2D eigenvalue weighted by atomic mass is 9.85. The molecule has 0 aliphatic carbocycles. The van der Waals surface area contributed by atoms with E-state index in [9.17, 15) is 5.11 Å². The zero-order chi connectivity index (χ0) is 15.4. The van der Waals surface area contributed by atoms with Crippen molar-refractivity contribution in [2.24, 2.45) is 0 Å². The van der Waals surface area contributed by atoms with Gasteiger partial charge >= 0.3 is 0 Å². The number of hydrogen-bond donors (Lipinski definition) is 1. The van der Waals surface area contributed by atoms with E-state index in [4.69, 9.17) is 4.74 Å². The van der Waals surface area contributed by atoms with Crippen molar-refractivity contribution in [3.8, 4) is 5.75 Å². The predicted molar refractivity (Wildman–Crippen MR) is 95.1 cm³/mol. The molecule has 0 bridgehead atoms. The van der Waals surface area contributed by atoms with Crippen LogP contribution >= 0.6 is 12.4 Å². The fourth-order valence-electron chi connectivity index (χ4n) is 3.24. The van der Waals surface area contributed by atoms with Crippen molar-refractivity contribution in [3.63, 3.8) is 0 Å². The van der Waals surface area contributed by atoms with E-state index in [1.54, 1.807) is 7.11 Å². The lowest BCUT2D eigenvalue weighted by molar-refractivity contribution is -0.0381. The molecule has 2 aromatic carbocycles. The van der Waals surface area contributed by atoms with E-state index in [2.05, 4.69) is 29.2 Å². The van der Waals surface area contributed by atoms with Crippen LogP contribution < -0.4 is 4.74 Å². The van der Waals surface area contributed by atoms with Crippen LogP contribution in [0.5, 0.6) is 5.75 Å². The van der Waals surface area contributed by atoms with Gasteiger partial charge in [-0.05, 0) is 42.6 Å². The van der Waals surface area contributed by atoms with Gasteiger partial charge in [-0.1, -0.05) is 42.5 Å². The van der Waals surface area contributed by atoms with Crippen LogP contribution in [0.3, 0.4) is 0 Å². The molecule has 1 atom stereocenters. The van der Waals surface area contributed by atoms with Crippen LogP contribution in [0.2, 0.25) is 0 Å². The van der Waals surface area contributed by atoms with E-state index >= 15 is 0 Å². The topological polar surface area (TPSA) is 32.7 Å². The van der Waals surface area contributed by atoms with Gasteiger partial charge in [-0.25, -0.2) is 0 Å². The van der Waals surface area contributed by atoms with Crippen molar-refractivity contribution in [1.29, 1.82) is 0 Å². The molecule has 0 aromatic heterocycles. The van der Waals surface area contributed by atoms with Gasteiger partial charge in [0.2, 0.25) is 0 Å². The third-order valence-corrected chi connectivity index (χ3v) is 4.43. The van der Waals surface area contributed by atoms with Gasteiger partial charge in [0.25, 0.3) is 0 Å². The molecule has 4 heteroatoms. The van der Waals surface area contributed by atoms with Crippen LogP contribution in [0, 0.1) is 0 Å². The smallest absolute Gasteiger partial charge is 0.118 e. The Hall–Kier alpha value is -1.55. The number of halogens is 1. The zero-order valence-corrected chi connectivity index (χ0v) is 14.3. The minimum atomic E-state index is -0.765. The van der Waals surface area contributed by atoms with Gasteiger partial charge in [-0.15, -0.1) is 12.4 Å². The standard InChI is InChI=1S/C19H23NO2.ClH/c1-22-18-10-8-17(9-11-18)19(21)12-5-13-20(15-19)14-16-6-3-2-4-7-16;/h2-4,6-11,21H,5,12-15H2,1H3;1H. The number of methoxy groups -OCH3 is 1. The Labute approximate surface area is 144 Å². The molecule has 0 radical (unpaired) electrons. The summed E-state index contributed by atoms with van der Waals surface area (Å²) in [6, 6.07) is 18.2. The van der Waals surface area contributed by atoms with Crippen LogP contribution in [0.4, 0.5) is 0 Å². The number of β-amino-alcohol motifs (C(OH)–C–C–N with tert-alkyl or cyclic N) is 1. The summed E-state index contributed by atoms with van der Waals surface area (Å²) in [5, 5.41) is 11.1. The molecule has 2 aromatic rings. The second kappa shape index (κ2) is 7.82. The number of likely N-dealkylation sites (tertiary alicyclic amines) is 1. The van der Waals surface area contributed by atoms with Crippen molar-refractivity contribution in [2.75, 3.05) is 20.2 Å². The van der Waals surface area contributed by atoms with E-state index < -0.39 is 5.60 Å². The van der Waals surface area contributed by atoms with Gasteiger partial charge in [-0.2, -0.15) is 0 Å². The molecule has 1 aliphatic heterocycles. The van der Waals surface area contributed by atoms with Gasteiger partial charge in [0.15, 0.2) is 0 Å². The maximum Gasteiger partial charge on any atom is 0.118 e. The molecule has 124 valence electrons. The highest BCUT2D eigenvalue weighted by atomic mass is 35.5. The Morgan fingerprint density at radius 1 is 1.09 bits per heavy atom. The summed E-state index contributed by atoms with van der Waals surface area (Å²) < 4.78 is 5.20. The average molecular weight is 334 g/mol. The summed E-state index contributed by atoms with van der Waals surface area (Å²) in [6.45, 7) is 2.60. The average Bonchev–Trinajstić information content (AvgIpc) is 2.56. The van der Waals surface area contributed by atoms with Gasteiger partial charge in [-0.3, -0.25) is 4.90 Å². The molecule has 3 rings (SSSR count). The first-order chi connectivity index (χ1) is 10.7. The quantitative estimate of drug-likeness (QED) is 0.928. The number of benzene rings is 2. The third kappa shape index (κ3) is 4.25. The van der Waals surface area contributed by atoms with Crippen LogP contribution in [0.1, 0.15) is 24.0 Å². The number of hydrogen-bond acceptors (Lipinski definition) is 3. The highest BCUT2D eigenvalue weighted by Gasteiger charge is 2.34. The van der Waals surface area contributed by atoms with Crippen LogP contribution in [-0.2, 0) is 12.1 Å². The SMILES string of the molecule is COc1ccc(C2(O)CCCN(Cc3ccccc3)C2)cc1.Cl. The molecule has 1 fully saturated rings. The van der Waals surface area contributed by atoms with E-state index in [-0.39, 0.29) is 12.4 Å². The normalized spacial score (nSPS) is 21.5. The molecule has 1 aliphatic rings. The van der Waals surface area contributed by atoms with Crippen LogP contribution in [-0.4, -0.2) is 30.2 Å². The fraction of sp³-hybridized carbons (Fsp3) is 0.368. The van der Waals surface area contributed by atoms with E-state index in [0.717, 1.165) is 37.2 Å². The predicted octanol–water partition coefficient (Wildman–Crippen LogP) is 3.60. The molecule has 1 N–H and O–H groups in total. The summed E-state index contributed by atoms with van der Waals surface area (Å²) >= 11 is 0. The number of rotatable bonds is 4. The van der Waals surface area contributed by atoms with Crippen molar-refractivity contribution in [1.82, 2.24) is 4.90 Å². The lowest BCUT2D eigenvalue weighted by Crippen LogP contribution is -2.45. The summed E-state index contributed by atoms with van der Waals surface area (Å²) in [6.07, 6.45) is 1.82. The van der Waals surface area contributed by atoms with E-state index in [0.29, 0.717) is 6.54 Å². The molecule has 1 heterocycles. The number of aliphatic hydroxyl groups is 1. The number of nitrogens with zero attached hydrogens (tertiary/aromatic N) is 1. The van der Waals surface area contributed by atoms with Crippen molar-refractivity contribution < 1.29 is 9.84 Å².